The Labute approximate surface area is 111 Å². The van der Waals surface area contributed by atoms with Crippen LogP contribution in [0.15, 0.2) is 24.3 Å². The number of hydrogen-bond donors (Lipinski definition) is 2. The Bertz CT molecular complexity index is 430. The van der Waals surface area contributed by atoms with Gasteiger partial charge in [-0.2, -0.15) is 0 Å². The smallest absolute Gasteiger partial charge is 0.253 e. The van der Waals surface area contributed by atoms with Gasteiger partial charge in [-0.3, -0.25) is 4.79 Å². The predicted octanol–water partition coefficient (Wildman–Crippen LogP) is 1.61. The molecule has 0 spiro atoms. The molecule has 2 rings (SSSR count). The van der Waals surface area contributed by atoms with Crippen molar-refractivity contribution in [3.63, 3.8) is 0 Å². The number of amides is 1. The molecule has 0 aromatic heterocycles. The van der Waals surface area contributed by atoms with Gasteiger partial charge in [-0.15, -0.1) is 0 Å². The fourth-order valence-electron chi connectivity index (χ4n) is 2.04. The topological polar surface area (TPSA) is 58.6 Å². The molecule has 1 aromatic carbocycles. The Hall–Kier alpha value is -1.10. The first kappa shape index (κ1) is 13.3. The second-order valence-electron chi connectivity index (χ2n) is 4.48. The van der Waals surface area contributed by atoms with E-state index < -0.39 is 5.54 Å². The molecule has 1 aliphatic heterocycles. The third-order valence-corrected chi connectivity index (χ3v) is 3.58. The molecular formula is C13H16ClNO3. The highest BCUT2D eigenvalue weighted by Crippen LogP contribution is 2.22. The quantitative estimate of drug-likeness (QED) is 0.877. The van der Waals surface area contributed by atoms with Crippen molar-refractivity contribution in [2.24, 2.45) is 0 Å². The SMILES string of the molecule is O=C(NC1(CO)CCOCC1)c1ccccc1Cl. The van der Waals surface area contributed by atoms with Gasteiger partial charge in [-0.05, 0) is 25.0 Å². The number of carbonyl (C=O) groups is 1. The maximum Gasteiger partial charge on any atom is 0.253 e. The molecule has 5 heteroatoms. The number of halogens is 1. The lowest BCUT2D eigenvalue weighted by molar-refractivity contribution is 0.0125. The number of rotatable bonds is 3. The lowest BCUT2D eigenvalue weighted by Gasteiger charge is -2.36. The van der Waals surface area contributed by atoms with Crippen molar-refractivity contribution in [3.05, 3.63) is 34.9 Å². The van der Waals surface area contributed by atoms with Crippen LogP contribution >= 0.6 is 11.6 Å². The maximum atomic E-state index is 12.2. The maximum absolute atomic E-state index is 12.2. The number of aliphatic hydroxyl groups excluding tert-OH is 1. The van der Waals surface area contributed by atoms with Gasteiger partial charge in [0.05, 0.1) is 22.7 Å². The highest BCUT2D eigenvalue weighted by molar-refractivity contribution is 6.33. The van der Waals surface area contributed by atoms with E-state index in [1.807, 2.05) is 0 Å². The Kier molecular flexibility index (Phi) is 4.22. The van der Waals surface area contributed by atoms with Crippen LogP contribution in [-0.4, -0.2) is 36.4 Å². The molecule has 2 N–H and O–H groups in total. The van der Waals surface area contributed by atoms with Crippen LogP contribution in [0.2, 0.25) is 5.02 Å². The molecule has 4 nitrogen and oxygen atoms in total. The second kappa shape index (κ2) is 5.69. The summed E-state index contributed by atoms with van der Waals surface area (Å²) in [6.45, 7) is 0.999. The van der Waals surface area contributed by atoms with Crippen LogP contribution in [0, 0.1) is 0 Å². The van der Waals surface area contributed by atoms with Gasteiger partial charge in [0.1, 0.15) is 0 Å². The van der Waals surface area contributed by atoms with E-state index in [1.165, 1.54) is 0 Å². The zero-order valence-electron chi connectivity index (χ0n) is 9.99. The van der Waals surface area contributed by atoms with Crippen LogP contribution in [0.1, 0.15) is 23.2 Å². The van der Waals surface area contributed by atoms with E-state index in [0.29, 0.717) is 36.6 Å². The minimum atomic E-state index is -0.589. The van der Waals surface area contributed by atoms with Crippen LogP contribution in [0.3, 0.4) is 0 Å². The van der Waals surface area contributed by atoms with E-state index in [1.54, 1.807) is 24.3 Å². The van der Waals surface area contributed by atoms with Gasteiger partial charge >= 0.3 is 0 Å². The largest absolute Gasteiger partial charge is 0.394 e. The summed E-state index contributed by atoms with van der Waals surface area (Å²) in [5.74, 6) is -0.253. The molecule has 1 heterocycles. The molecule has 1 aromatic rings. The minimum Gasteiger partial charge on any atom is -0.394 e. The lowest BCUT2D eigenvalue weighted by atomic mass is 9.90. The molecule has 0 bridgehead atoms. The molecule has 1 amide bonds. The molecule has 0 atom stereocenters. The normalized spacial score (nSPS) is 18.3. The molecule has 1 fully saturated rings. The van der Waals surface area contributed by atoms with E-state index in [2.05, 4.69) is 5.32 Å². The summed E-state index contributed by atoms with van der Waals surface area (Å²) in [7, 11) is 0. The first-order valence-corrected chi connectivity index (χ1v) is 6.30. The Morgan fingerprint density at radius 1 is 1.39 bits per heavy atom. The van der Waals surface area contributed by atoms with Gasteiger partial charge in [-0.1, -0.05) is 23.7 Å². The van der Waals surface area contributed by atoms with E-state index in [-0.39, 0.29) is 12.5 Å². The van der Waals surface area contributed by atoms with E-state index in [0.717, 1.165) is 0 Å². The summed E-state index contributed by atoms with van der Waals surface area (Å²) in [6.07, 6.45) is 1.22. The zero-order chi connectivity index (χ0) is 13.0. The number of aliphatic hydroxyl groups is 1. The van der Waals surface area contributed by atoms with E-state index >= 15 is 0 Å². The van der Waals surface area contributed by atoms with Crippen molar-refractivity contribution in [3.8, 4) is 0 Å². The number of hydrogen-bond acceptors (Lipinski definition) is 3. The molecule has 1 aliphatic rings. The zero-order valence-corrected chi connectivity index (χ0v) is 10.7. The molecule has 1 saturated heterocycles. The summed E-state index contributed by atoms with van der Waals surface area (Å²) < 4.78 is 5.25. The Morgan fingerprint density at radius 2 is 2.06 bits per heavy atom. The van der Waals surface area contributed by atoms with E-state index in [4.69, 9.17) is 16.3 Å². The summed E-state index contributed by atoms with van der Waals surface area (Å²) in [5.41, 5.74) is -0.160. The lowest BCUT2D eigenvalue weighted by Crippen LogP contribution is -2.54. The molecule has 0 saturated carbocycles. The molecule has 0 aliphatic carbocycles. The van der Waals surface area contributed by atoms with Gasteiger partial charge in [0, 0.05) is 13.2 Å². The number of nitrogens with one attached hydrogen (secondary N) is 1. The first-order chi connectivity index (χ1) is 8.67. The van der Waals surface area contributed by atoms with Crippen molar-refractivity contribution < 1.29 is 14.6 Å². The monoisotopic (exact) mass is 269 g/mol. The van der Waals surface area contributed by atoms with Crippen LogP contribution in [-0.2, 0) is 4.74 Å². The highest BCUT2D eigenvalue weighted by Gasteiger charge is 2.34. The summed E-state index contributed by atoms with van der Waals surface area (Å²) >= 11 is 5.98. The summed E-state index contributed by atoms with van der Waals surface area (Å²) in [4.78, 5) is 12.2. The van der Waals surface area contributed by atoms with Gasteiger partial charge in [0.2, 0.25) is 0 Å². The number of ether oxygens (including phenoxy) is 1. The molecule has 98 valence electrons. The fourth-order valence-corrected chi connectivity index (χ4v) is 2.26. The standard InChI is InChI=1S/C13H16ClNO3/c14-11-4-2-1-3-10(11)12(17)15-13(9-16)5-7-18-8-6-13/h1-4,16H,5-9H2,(H,15,17). The average Bonchev–Trinajstić information content (AvgIpc) is 2.40. The van der Waals surface area contributed by atoms with Crippen molar-refractivity contribution in [1.29, 1.82) is 0 Å². The van der Waals surface area contributed by atoms with Crippen LogP contribution < -0.4 is 5.32 Å². The molecule has 0 radical (unpaired) electrons. The number of benzene rings is 1. The summed E-state index contributed by atoms with van der Waals surface area (Å²) in [5, 5.41) is 12.8. The van der Waals surface area contributed by atoms with Crippen molar-refractivity contribution >= 4 is 17.5 Å². The highest BCUT2D eigenvalue weighted by atomic mass is 35.5. The predicted molar refractivity (Wildman–Crippen MR) is 68.8 cm³/mol. The van der Waals surface area contributed by atoms with Crippen LogP contribution in [0.25, 0.3) is 0 Å². The summed E-state index contributed by atoms with van der Waals surface area (Å²) in [6, 6.07) is 6.87. The van der Waals surface area contributed by atoms with E-state index in [9.17, 15) is 9.90 Å². The van der Waals surface area contributed by atoms with Crippen molar-refractivity contribution in [1.82, 2.24) is 5.32 Å². The second-order valence-corrected chi connectivity index (χ2v) is 4.89. The Morgan fingerprint density at radius 3 is 2.67 bits per heavy atom. The Balaban J connectivity index is 2.13. The number of carbonyl (C=O) groups excluding carboxylic acids is 1. The first-order valence-electron chi connectivity index (χ1n) is 5.92. The van der Waals surface area contributed by atoms with Crippen molar-refractivity contribution in [2.45, 2.75) is 18.4 Å². The average molecular weight is 270 g/mol. The fraction of sp³-hybridized carbons (Fsp3) is 0.462. The molecule has 18 heavy (non-hydrogen) atoms. The van der Waals surface area contributed by atoms with Crippen LogP contribution in [0.4, 0.5) is 0 Å². The van der Waals surface area contributed by atoms with Gasteiger partial charge in [0.25, 0.3) is 5.91 Å². The van der Waals surface area contributed by atoms with Crippen molar-refractivity contribution in [2.75, 3.05) is 19.8 Å². The van der Waals surface area contributed by atoms with Crippen LogP contribution in [0.5, 0.6) is 0 Å². The van der Waals surface area contributed by atoms with Gasteiger partial charge in [-0.25, -0.2) is 0 Å². The molecular weight excluding hydrogens is 254 g/mol. The third-order valence-electron chi connectivity index (χ3n) is 3.25. The van der Waals surface area contributed by atoms with Gasteiger partial charge < -0.3 is 15.2 Å². The molecule has 0 unspecified atom stereocenters. The minimum absolute atomic E-state index is 0.0907. The third kappa shape index (κ3) is 2.83. The van der Waals surface area contributed by atoms with Gasteiger partial charge in [0.15, 0.2) is 0 Å².